The zero-order chi connectivity index (χ0) is 12.4. The van der Waals surface area contributed by atoms with Crippen LogP contribution >= 0.6 is 0 Å². The number of rotatable bonds is 3. The van der Waals surface area contributed by atoms with Crippen LogP contribution in [0.1, 0.15) is 36.2 Å². The predicted molar refractivity (Wildman–Crippen MR) is 69.8 cm³/mol. The molecule has 0 aromatic carbocycles. The standard InChI is InChI=1S/C13H24N4/c1-10-13(11(2)16(3)15-10)9-17-7-5-4-6-12(17)8-14/h12H,4-9,14H2,1-3H3. The first-order valence-electron chi connectivity index (χ1n) is 6.56. The van der Waals surface area contributed by atoms with Gasteiger partial charge in [0.2, 0.25) is 0 Å². The first-order chi connectivity index (χ1) is 8.13. The number of piperidine rings is 1. The SMILES string of the molecule is Cc1nn(C)c(C)c1CN1CCCCC1CN. The molecule has 17 heavy (non-hydrogen) atoms. The summed E-state index contributed by atoms with van der Waals surface area (Å²) in [6.45, 7) is 7.21. The van der Waals surface area contributed by atoms with E-state index in [0.717, 1.165) is 18.8 Å². The number of nitrogens with zero attached hydrogens (tertiary/aromatic N) is 3. The second-order valence-electron chi connectivity index (χ2n) is 5.13. The van der Waals surface area contributed by atoms with Gasteiger partial charge in [-0.05, 0) is 33.2 Å². The van der Waals surface area contributed by atoms with Gasteiger partial charge in [0.05, 0.1) is 5.69 Å². The van der Waals surface area contributed by atoms with Gasteiger partial charge in [0.25, 0.3) is 0 Å². The van der Waals surface area contributed by atoms with Crippen LogP contribution in [0, 0.1) is 13.8 Å². The third-order valence-electron chi connectivity index (χ3n) is 4.04. The summed E-state index contributed by atoms with van der Waals surface area (Å²) in [5, 5.41) is 4.49. The topological polar surface area (TPSA) is 47.1 Å². The second-order valence-corrected chi connectivity index (χ2v) is 5.13. The number of aromatic nitrogens is 2. The van der Waals surface area contributed by atoms with Gasteiger partial charge in [-0.2, -0.15) is 5.10 Å². The number of aryl methyl sites for hydroxylation is 2. The molecule has 1 unspecified atom stereocenters. The van der Waals surface area contributed by atoms with Crippen molar-refractivity contribution in [3.8, 4) is 0 Å². The molecule has 1 aliphatic heterocycles. The van der Waals surface area contributed by atoms with E-state index >= 15 is 0 Å². The molecular formula is C13H24N4. The number of likely N-dealkylation sites (tertiary alicyclic amines) is 1. The largest absolute Gasteiger partial charge is 0.329 e. The summed E-state index contributed by atoms with van der Waals surface area (Å²) in [7, 11) is 2.02. The lowest BCUT2D eigenvalue weighted by Crippen LogP contribution is -2.43. The van der Waals surface area contributed by atoms with Crippen LogP contribution in [0.4, 0.5) is 0 Å². The number of hydrogen-bond donors (Lipinski definition) is 1. The van der Waals surface area contributed by atoms with E-state index in [1.54, 1.807) is 0 Å². The molecule has 4 heteroatoms. The number of nitrogens with two attached hydrogens (primary N) is 1. The maximum absolute atomic E-state index is 5.87. The molecule has 0 bridgehead atoms. The van der Waals surface area contributed by atoms with Crippen molar-refractivity contribution in [1.82, 2.24) is 14.7 Å². The fourth-order valence-electron chi connectivity index (χ4n) is 2.78. The van der Waals surface area contributed by atoms with Crippen LogP contribution in [0.5, 0.6) is 0 Å². The zero-order valence-electron chi connectivity index (χ0n) is 11.2. The van der Waals surface area contributed by atoms with Crippen LogP contribution in [0.15, 0.2) is 0 Å². The van der Waals surface area contributed by atoms with Crippen molar-refractivity contribution < 1.29 is 0 Å². The molecule has 4 nitrogen and oxygen atoms in total. The highest BCUT2D eigenvalue weighted by atomic mass is 15.3. The lowest BCUT2D eigenvalue weighted by molar-refractivity contribution is 0.144. The van der Waals surface area contributed by atoms with Gasteiger partial charge in [-0.25, -0.2) is 0 Å². The summed E-state index contributed by atoms with van der Waals surface area (Å²) in [4.78, 5) is 2.53. The van der Waals surface area contributed by atoms with Crippen LogP contribution in [0.3, 0.4) is 0 Å². The van der Waals surface area contributed by atoms with Crippen LogP contribution < -0.4 is 5.73 Å². The molecule has 2 N–H and O–H groups in total. The Kier molecular flexibility index (Phi) is 3.84. The summed E-state index contributed by atoms with van der Waals surface area (Å²) >= 11 is 0. The van der Waals surface area contributed by atoms with Crippen LogP contribution in [-0.2, 0) is 13.6 Å². The fraction of sp³-hybridized carbons (Fsp3) is 0.769. The van der Waals surface area contributed by atoms with E-state index in [-0.39, 0.29) is 0 Å². The molecule has 2 rings (SSSR count). The Hall–Kier alpha value is -0.870. The van der Waals surface area contributed by atoms with E-state index in [9.17, 15) is 0 Å². The van der Waals surface area contributed by atoms with Gasteiger partial charge in [-0.3, -0.25) is 9.58 Å². The molecular weight excluding hydrogens is 212 g/mol. The van der Waals surface area contributed by atoms with Gasteiger partial charge in [0.15, 0.2) is 0 Å². The monoisotopic (exact) mass is 236 g/mol. The molecule has 1 saturated heterocycles. The molecule has 1 aromatic heterocycles. The van der Waals surface area contributed by atoms with E-state index in [1.807, 2.05) is 11.7 Å². The molecule has 0 spiro atoms. The average Bonchev–Trinajstić information content (AvgIpc) is 2.57. The molecule has 0 radical (unpaired) electrons. The van der Waals surface area contributed by atoms with Crippen LogP contribution in [0.2, 0.25) is 0 Å². The van der Waals surface area contributed by atoms with Crippen LogP contribution in [-0.4, -0.2) is 33.8 Å². The Balaban J connectivity index is 2.13. The Labute approximate surface area is 104 Å². The second kappa shape index (κ2) is 5.19. The van der Waals surface area contributed by atoms with Gasteiger partial charge in [0.1, 0.15) is 0 Å². The fourth-order valence-corrected chi connectivity index (χ4v) is 2.78. The van der Waals surface area contributed by atoms with Gasteiger partial charge >= 0.3 is 0 Å². The van der Waals surface area contributed by atoms with E-state index < -0.39 is 0 Å². The summed E-state index contributed by atoms with van der Waals surface area (Å²) in [6, 6.07) is 0.558. The highest BCUT2D eigenvalue weighted by Gasteiger charge is 2.23. The molecule has 1 atom stereocenters. The molecule has 96 valence electrons. The molecule has 0 aliphatic carbocycles. The first-order valence-corrected chi connectivity index (χ1v) is 6.56. The normalized spacial score (nSPS) is 22.0. The Morgan fingerprint density at radius 2 is 2.12 bits per heavy atom. The van der Waals surface area contributed by atoms with E-state index in [4.69, 9.17) is 5.73 Å². The van der Waals surface area contributed by atoms with E-state index in [0.29, 0.717) is 6.04 Å². The average molecular weight is 236 g/mol. The Morgan fingerprint density at radius 3 is 2.71 bits per heavy atom. The minimum Gasteiger partial charge on any atom is -0.329 e. The summed E-state index contributed by atoms with van der Waals surface area (Å²) in [5.74, 6) is 0. The van der Waals surface area contributed by atoms with Crippen LogP contribution in [0.25, 0.3) is 0 Å². The molecule has 2 heterocycles. The smallest absolute Gasteiger partial charge is 0.0641 e. The Morgan fingerprint density at radius 1 is 1.35 bits per heavy atom. The maximum atomic E-state index is 5.87. The zero-order valence-corrected chi connectivity index (χ0v) is 11.2. The summed E-state index contributed by atoms with van der Waals surface area (Å²) in [5.41, 5.74) is 9.69. The van der Waals surface area contributed by atoms with Gasteiger partial charge in [-0.1, -0.05) is 6.42 Å². The predicted octanol–water partition coefficient (Wildman–Crippen LogP) is 1.35. The lowest BCUT2D eigenvalue weighted by Gasteiger charge is -2.35. The molecule has 1 aromatic rings. The first kappa shape index (κ1) is 12.6. The van der Waals surface area contributed by atoms with Gasteiger partial charge < -0.3 is 5.73 Å². The minimum absolute atomic E-state index is 0.558. The van der Waals surface area contributed by atoms with E-state index in [2.05, 4.69) is 23.8 Å². The third-order valence-corrected chi connectivity index (χ3v) is 4.04. The Bertz CT molecular complexity index is 383. The molecule has 1 aliphatic rings. The van der Waals surface area contributed by atoms with Crippen molar-refractivity contribution in [3.63, 3.8) is 0 Å². The summed E-state index contributed by atoms with van der Waals surface area (Å²) in [6.07, 6.45) is 3.87. The molecule has 0 amide bonds. The quantitative estimate of drug-likeness (QED) is 0.862. The van der Waals surface area contributed by atoms with E-state index in [1.165, 1.54) is 37.1 Å². The highest BCUT2D eigenvalue weighted by molar-refractivity contribution is 5.24. The number of hydrogen-bond acceptors (Lipinski definition) is 3. The van der Waals surface area contributed by atoms with Crippen molar-refractivity contribution in [3.05, 3.63) is 17.0 Å². The van der Waals surface area contributed by atoms with Gasteiger partial charge in [-0.15, -0.1) is 0 Å². The lowest BCUT2D eigenvalue weighted by atomic mass is 10.0. The highest BCUT2D eigenvalue weighted by Crippen LogP contribution is 2.21. The van der Waals surface area contributed by atoms with Gasteiger partial charge in [0, 0.05) is 37.4 Å². The maximum Gasteiger partial charge on any atom is 0.0641 e. The van der Waals surface area contributed by atoms with Crippen molar-refractivity contribution in [2.24, 2.45) is 12.8 Å². The molecule has 0 saturated carbocycles. The third kappa shape index (κ3) is 2.53. The molecule has 1 fully saturated rings. The minimum atomic E-state index is 0.558. The van der Waals surface area contributed by atoms with Crippen molar-refractivity contribution >= 4 is 0 Å². The summed E-state index contributed by atoms with van der Waals surface area (Å²) < 4.78 is 1.98. The van der Waals surface area contributed by atoms with Crippen molar-refractivity contribution in [2.75, 3.05) is 13.1 Å². The van der Waals surface area contributed by atoms with Crippen molar-refractivity contribution in [2.45, 2.75) is 45.7 Å². The van der Waals surface area contributed by atoms with Crippen molar-refractivity contribution in [1.29, 1.82) is 0 Å².